The van der Waals surface area contributed by atoms with Crippen LogP contribution >= 0.6 is 15.9 Å². The van der Waals surface area contributed by atoms with Gasteiger partial charge in [-0.05, 0) is 61.9 Å². The monoisotopic (exact) mass is 310 g/mol. The van der Waals surface area contributed by atoms with Gasteiger partial charge in [0.15, 0.2) is 0 Å². The van der Waals surface area contributed by atoms with Crippen LogP contribution in [0.3, 0.4) is 0 Å². The molecule has 0 radical (unpaired) electrons. The number of unbranched alkanes of at least 4 members (excludes halogenated alkanes) is 3. The third kappa shape index (κ3) is 3.85. The Hall–Kier alpha value is -0.300. The van der Waals surface area contributed by atoms with Gasteiger partial charge < -0.3 is 0 Å². The number of hydrogen-bond acceptors (Lipinski definition) is 0. The van der Waals surface area contributed by atoms with Crippen LogP contribution in [-0.2, 0) is 0 Å². The average molecular weight is 311 g/mol. The predicted molar refractivity (Wildman–Crippen MR) is 85.8 cm³/mol. The second-order valence-corrected chi connectivity index (χ2v) is 6.60. The minimum absolute atomic E-state index is 0.521. The van der Waals surface area contributed by atoms with Crippen LogP contribution in [0.25, 0.3) is 0 Å². The first-order valence-corrected chi connectivity index (χ1v) is 8.12. The number of aryl methyl sites for hydroxylation is 2. The van der Waals surface area contributed by atoms with Crippen molar-refractivity contribution in [3.05, 3.63) is 33.9 Å². The van der Waals surface area contributed by atoms with Crippen LogP contribution in [0.15, 0.2) is 6.07 Å². The molecule has 1 aromatic rings. The Balaban J connectivity index is 2.81. The number of benzene rings is 1. The summed E-state index contributed by atoms with van der Waals surface area (Å²) in [6, 6.07) is 2.31. The molecule has 0 nitrogen and oxygen atoms in total. The Kier molecular flexibility index (Phi) is 6.42. The van der Waals surface area contributed by atoms with Crippen molar-refractivity contribution in [2.24, 2.45) is 0 Å². The highest BCUT2D eigenvalue weighted by atomic mass is 79.9. The van der Waals surface area contributed by atoms with E-state index < -0.39 is 0 Å². The van der Waals surface area contributed by atoms with Crippen molar-refractivity contribution in [3.8, 4) is 0 Å². The zero-order valence-electron chi connectivity index (χ0n) is 12.6. The SMILES string of the molecule is CCCCCCC(Br)c1c(C)c(C)cc(C)c1C. The van der Waals surface area contributed by atoms with Crippen molar-refractivity contribution in [2.75, 3.05) is 0 Å². The van der Waals surface area contributed by atoms with Gasteiger partial charge in [-0.1, -0.05) is 54.6 Å². The second-order valence-electron chi connectivity index (χ2n) is 5.49. The van der Waals surface area contributed by atoms with E-state index in [-0.39, 0.29) is 0 Å². The Bertz CT molecular complexity index is 367. The number of rotatable bonds is 6. The molecule has 18 heavy (non-hydrogen) atoms. The molecule has 1 aromatic carbocycles. The van der Waals surface area contributed by atoms with Crippen molar-refractivity contribution in [3.63, 3.8) is 0 Å². The molecule has 0 saturated heterocycles. The van der Waals surface area contributed by atoms with E-state index >= 15 is 0 Å². The zero-order chi connectivity index (χ0) is 13.7. The molecule has 0 fully saturated rings. The molecular weight excluding hydrogens is 284 g/mol. The van der Waals surface area contributed by atoms with Gasteiger partial charge in [-0.25, -0.2) is 0 Å². The van der Waals surface area contributed by atoms with Crippen molar-refractivity contribution in [2.45, 2.75) is 71.5 Å². The van der Waals surface area contributed by atoms with Gasteiger partial charge in [-0.3, -0.25) is 0 Å². The van der Waals surface area contributed by atoms with Crippen LogP contribution in [0.1, 0.15) is 71.7 Å². The molecule has 1 heteroatoms. The molecule has 0 aliphatic rings. The lowest BCUT2D eigenvalue weighted by Crippen LogP contribution is -2.02. The summed E-state index contributed by atoms with van der Waals surface area (Å²) in [5.74, 6) is 0. The van der Waals surface area contributed by atoms with E-state index in [9.17, 15) is 0 Å². The lowest BCUT2D eigenvalue weighted by molar-refractivity contribution is 0.628. The van der Waals surface area contributed by atoms with Crippen molar-refractivity contribution in [1.29, 1.82) is 0 Å². The van der Waals surface area contributed by atoms with Crippen molar-refractivity contribution in [1.82, 2.24) is 0 Å². The third-order valence-corrected chi connectivity index (χ3v) is 4.96. The topological polar surface area (TPSA) is 0 Å². The maximum atomic E-state index is 3.91. The smallest absolute Gasteiger partial charge is 0.0400 e. The maximum absolute atomic E-state index is 3.91. The van der Waals surface area contributed by atoms with E-state index in [4.69, 9.17) is 0 Å². The normalized spacial score (nSPS) is 12.8. The summed E-state index contributed by atoms with van der Waals surface area (Å²) in [6.07, 6.45) is 6.63. The minimum Gasteiger partial charge on any atom is -0.0839 e. The highest BCUT2D eigenvalue weighted by Crippen LogP contribution is 2.35. The maximum Gasteiger partial charge on any atom is 0.0400 e. The molecule has 0 aliphatic heterocycles. The van der Waals surface area contributed by atoms with E-state index in [1.165, 1.54) is 59.9 Å². The summed E-state index contributed by atoms with van der Waals surface area (Å²) in [6.45, 7) is 11.2. The van der Waals surface area contributed by atoms with Gasteiger partial charge in [0, 0.05) is 4.83 Å². The van der Waals surface area contributed by atoms with Gasteiger partial charge in [-0.2, -0.15) is 0 Å². The quantitative estimate of drug-likeness (QED) is 0.425. The molecule has 1 atom stereocenters. The molecule has 1 rings (SSSR count). The van der Waals surface area contributed by atoms with Gasteiger partial charge in [-0.15, -0.1) is 0 Å². The lowest BCUT2D eigenvalue weighted by atomic mass is 9.91. The third-order valence-electron chi connectivity index (χ3n) is 4.05. The molecule has 0 amide bonds. The molecular formula is C17H27Br. The summed E-state index contributed by atoms with van der Waals surface area (Å²) in [5, 5.41) is 0. The van der Waals surface area contributed by atoms with Gasteiger partial charge in [0.2, 0.25) is 0 Å². The van der Waals surface area contributed by atoms with Crippen LogP contribution in [-0.4, -0.2) is 0 Å². The van der Waals surface area contributed by atoms with Crippen LogP contribution in [0, 0.1) is 27.7 Å². The summed E-state index contributed by atoms with van der Waals surface area (Å²) in [7, 11) is 0. The lowest BCUT2D eigenvalue weighted by Gasteiger charge is -2.20. The summed E-state index contributed by atoms with van der Waals surface area (Å²) in [4.78, 5) is 0.521. The highest BCUT2D eigenvalue weighted by Gasteiger charge is 2.15. The van der Waals surface area contributed by atoms with Gasteiger partial charge in [0.25, 0.3) is 0 Å². The Labute approximate surface area is 121 Å². The number of hydrogen-bond donors (Lipinski definition) is 0. The van der Waals surface area contributed by atoms with E-state index in [0.717, 1.165) is 0 Å². The Morgan fingerprint density at radius 3 is 2.00 bits per heavy atom. The van der Waals surface area contributed by atoms with Crippen molar-refractivity contribution < 1.29 is 0 Å². The van der Waals surface area contributed by atoms with Crippen LogP contribution < -0.4 is 0 Å². The van der Waals surface area contributed by atoms with Crippen molar-refractivity contribution >= 4 is 15.9 Å². The molecule has 102 valence electrons. The number of halogens is 1. The van der Waals surface area contributed by atoms with Gasteiger partial charge in [0.1, 0.15) is 0 Å². The average Bonchev–Trinajstić information content (AvgIpc) is 2.32. The largest absolute Gasteiger partial charge is 0.0839 e. The molecule has 1 unspecified atom stereocenters. The fourth-order valence-corrected chi connectivity index (χ4v) is 3.62. The summed E-state index contributed by atoms with van der Waals surface area (Å²) in [5.41, 5.74) is 7.31. The van der Waals surface area contributed by atoms with E-state index in [2.05, 4.69) is 56.6 Å². The first-order valence-electron chi connectivity index (χ1n) is 7.20. The predicted octanol–water partition coefficient (Wildman–Crippen LogP) is 6.33. The van der Waals surface area contributed by atoms with Gasteiger partial charge in [0.05, 0.1) is 0 Å². The Morgan fingerprint density at radius 2 is 1.50 bits per heavy atom. The Morgan fingerprint density at radius 1 is 0.944 bits per heavy atom. The molecule has 0 aromatic heterocycles. The molecule has 0 spiro atoms. The molecule has 0 saturated carbocycles. The number of alkyl halides is 1. The minimum atomic E-state index is 0.521. The second kappa shape index (κ2) is 7.33. The summed E-state index contributed by atoms with van der Waals surface area (Å²) >= 11 is 3.91. The fraction of sp³-hybridized carbons (Fsp3) is 0.647. The molecule has 0 heterocycles. The van der Waals surface area contributed by atoms with E-state index in [0.29, 0.717) is 4.83 Å². The first-order chi connectivity index (χ1) is 8.49. The van der Waals surface area contributed by atoms with Crippen LogP contribution in [0.5, 0.6) is 0 Å². The zero-order valence-corrected chi connectivity index (χ0v) is 14.2. The van der Waals surface area contributed by atoms with Crippen LogP contribution in [0.4, 0.5) is 0 Å². The van der Waals surface area contributed by atoms with Crippen LogP contribution in [0.2, 0.25) is 0 Å². The van der Waals surface area contributed by atoms with E-state index in [1.807, 2.05) is 0 Å². The first kappa shape index (κ1) is 15.8. The fourth-order valence-electron chi connectivity index (χ4n) is 2.61. The molecule has 0 N–H and O–H groups in total. The standard InChI is InChI=1S/C17H27Br/c1-6-7-8-9-10-16(18)17-14(4)12(2)11-13(3)15(17)5/h11,16H,6-10H2,1-5H3. The molecule has 0 bridgehead atoms. The summed E-state index contributed by atoms with van der Waals surface area (Å²) < 4.78 is 0. The molecule has 0 aliphatic carbocycles. The highest BCUT2D eigenvalue weighted by molar-refractivity contribution is 9.09. The van der Waals surface area contributed by atoms with E-state index in [1.54, 1.807) is 0 Å². The van der Waals surface area contributed by atoms with Gasteiger partial charge >= 0.3 is 0 Å².